The first-order valence-corrected chi connectivity index (χ1v) is 7.86. The fraction of sp³-hybridized carbons (Fsp3) is 0.357. The van der Waals surface area contributed by atoms with Gasteiger partial charge in [0.1, 0.15) is 5.82 Å². The van der Waals surface area contributed by atoms with Crippen LogP contribution >= 0.6 is 23.4 Å². The maximum Gasteiger partial charge on any atom is 0.313 e. The molecule has 0 unspecified atom stereocenters. The van der Waals surface area contributed by atoms with E-state index >= 15 is 0 Å². The van der Waals surface area contributed by atoms with Crippen LogP contribution in [0.1, 0.15) is 31.2 Å². The largest absolute Gasteiger partial charge is 0.481 e. The van der Waals surface area contributed by atoms with Gasteiger partial charge in [0.05, 0.1) is 12.3 Å². The topological polar surface area (TPSA) is 68.0 Å². The van der Waals surface area contributed by atoms with Crippen molar-refractivity contribution in [2.24, 2.45) is 0 Å². The van der Waals surface area contributed by atoms with Gasteiger partial charge in [0.15, 0.2) is 5.16 Å². The van der Waals surface area contributed by atoms with Crippen molar-refractivity contribution in [3.8, 4) is 0 Å². The Morgan fingerprint density at radius 2 is 2.19 bits per heavy atom. The SMILES string of the molecule is CC(C)c1nnc(SCC(=O)O)n1Cc1cccc(Cl)c1. The highest BCUT2D eigenvalue weighted by atomic mass is 35.5. The average molecular weight is 326 g/mol. The second-order valence-corrected chi connectivity index (χ2v) is 6.27. The predicted octanol–water partition coefficient (Wildman–Crippen LogP) is 3.28. The minimum Gasteiger partial charge on any atom is -0.481 e. The van der Waals surface area contributed by atoms with Crippen LogP contribution in [0.25, 0.3) is 0 Å². The summed E-state index contributed by atoms with van der Waals surface area (Å²) in [5.41, 5.74) is 1.03. The van der Waals surface area contributed by atoms with Crippen LogP contribution in [0.5, 0.6) is 0 Å². The Bertz CT molecular complexity index is 643. The Labute approximate surface area is 132 Å². The third kappa shape index (κ3) is 4.22. The van der Waals surface area contributed by atoms with Crippen molar-refractivity contribution in [2.75, 3.05) is 5.75 Å². The van der Waals surface area contributed by atoms with E-state index in [1.54, 1.807) is 0 Å². The quantitative estimate of drug-likeness (QED) is 0.825. The van der Waals surface area contributed by atoms with E-state index in [0.717, 1.165) is 11.4 Å². The molecular weight excluding hydrogens is 310 g/mol. The molecule has 0 spiro atoms. The third-order valence-electron chi connectivity index (χ3n) is 2.82. The molecule has 0 atom stereocenters. The van der Waals surface area contributed by atoms with Crippen molar-refractivity contribution >= 4 is 29.3 Å². The molecule has 112 valence electrons. The second kappa shape index (κ2) is 6.95. The fourth-order valence-corrected chi connectivity index (χ4v) is 2.80. The minimum atomic E-state index is -0.872. The van der Waals surface area contributed by atoms with Crippen LogP contribution in [0.3, 0.4) is 0 Å². The van der Waals surface area contributed by atoms with Crippen molar-refractivity contribution in [3.05, 3.63) is 40.7 Å². The van der Waals surface area contributed by atoms with E-state index in [0.29, 0.717) is 16.7 Å². The molecule has 7 heteroatoms. The van der Waals surface area contributed by atoms with Crippen molar-refractivity contribution < 1.29 is 9.90 Å². The summed E-state index contributed by atoms with van der Waals surface area (Å²) in [6, 6.07) is 7.57. The summed E-state index contributed by atoms with van der Waals surface area (Å²) in [5, 5.41) is 18.4. The highest BCUT2D eigenvalue weighted by Gasteiger charge is 2.16. The number of carboxylic acid groups (broad SMARTS) is 1. The highest BCUT2D eigenvalue weighted by molar-refractivity contribution is 7.99. The van der Waals surface area contributed by atoms with Gasteiger partial charge in [-0.25, -0.2) is 0 Å². The molecule has 1 heterocycles. The lowest BCUT2D eigenvalue weighted by Gasteiger charge is -2.12. The lowest BCUT2D eigenvalue weighted by atomic mass is 10.2. The summed E-state index contributed by atoms with van der Waals surface area (Å²) >= 11 is 7.18. The maximum absolute atomic E-state index is 10.7. The molecule has 0 amide bonds. The van der Waals surface area contributed by atoms with Crippen molar-refractivity contribution in [1.82, 2.24) is 14.8 Å². The molecule has 21 heavy (non-hydrogen) atoms. The summed E-state index contributed by atoms with van der Waals surface area (Å²) in [6.07, 6.45) is 0. The number of halogens is 1. The van der Waals surface area contributed by atoms with E-state index in [4.69, 9.17) is 16.7 Å². The molecule has 0 aliphatic heterocycles. The number of hydrogen-bond donors (Lipinski definition) is 1. The van der Waals surface area contributed by atoms with Crippen LogP contribution in [0.15, 0.2) is 29.4 Å². The van der Waals surface area contributed by atoms with Crippen molar-refractivity contribution in [3.63, 3.8) is 0 Å². The van der Waals surface area contributed by atoms with Gasteiger partial charge in [0.25, 0.3) is 0 Å². The average Bonchev–Trinajstić information content (AvgIpc) is 2.79. The fourth-order valence-electron chi connectivity index (χ4n) is 1.93. The van der Waals surface area contributed by atoms with E-state index in [9.17, 15) is 4.79 Å². The molecule has 0 bridgehead atoms. The third-order valence-corrected chi connectivity index (χ3v) is 4.00. The first-order valence-electron chi connectivity index (χ1n) is 6.49. The summed E-state index contributed by atoms with van der Waals surface area (Å²) in [7, 11) is 0. The number of carbonyl (C=O) groups is 1. The molecule has 2 rings (SSSR count). The van der Waals surface area contributed by atoms with Crippen LogP contribution in [-0.2, 0) is 11.3 Å². The minimum absolute atomic E-state index is 0.0359. The Balaban J connectivity index is 2.30. The first-order chi connectivity index (χ1) is 9.97. The van der Waals surface area contributed by atoms with Gasteiger partial charge in [0, 0.05) is 10.9 Å². The second-order valence-electron chi connectivity index (χ2n) is 4.89. The molecule has 1 aromatic heterocycles. The zero-order chi connectivity index (χ0) is 15.4. The van der Waals surface area contributed by atoms with Crippen molar-refractivity contribution in [2.45, 2.75) is 31.5 Å². The normalized spacial score (nSPS) is 11.0. The standard InChI is InChI=1S/C14H16ClN3O2S/c1-9(2)13-16-17-14(21-8-12(19)20)18(13)7-10-4-3-5-11(15)6-10/h3-6,9H,7-8H2,1-2H3,(H,19,20). The van der Waals surface area contributed by atoms with E-state index in [2.05, 4.69) is 10.2 Å². The van der Waals surface area contributed by atoms with E-state index in [1.807, 2.05) is 42.7 Å². The highest BCUT2D eigenvalue weighted by Crippen LogP contribution is 2.23. The summed E-state index contributed by atoms with van der Waals surface area (Å²) in [4.78, 5) is 10.7. The smallest absolute Gasteiger partial charge is 0.313 e. The molecule has 0 saturated carbocycles. The van der Waals surface area contributed by atoms with Gasteiger partial charge in [-0.3, -0.25) is 4.79 Å². The number of carboxylic acids is 1. The van der Waals surface area contributed by atoms with Crippen LogP contribution in [0.4, 0.5) is 0 Å². The first kappa shape index (κ1) is 15.9. The van der Waals surface area contributed by atoms with Gasteiger partial charge in [0.2, 0.25) is 0 Å². The molecule has 5 nitrogen and oxygen atoms in total. The lowest BCUT2D eigenvalue weighted by Crippen LogP contribution is -2.09. The van der Waals surface area contributed by atoms with E-state index < -0.39 is 5.97 Å². The van der Waals surface area contributed by atoms with E-state index in [1.165, 1.54) is 11.8 Å². The Hall–Kier alpha value is -1.53. The number of nitrogens with zero attached hydrogens (tertiary/aromatic N) is 3. The van der Waals surface area contributed by atoms with Crippen molar-refractivity contribution in [1.29, 1.82) is 0 Å². The number of aliphatic carboxylic acids is 1. The van der Waals surface area contributed by atoms with Gasteiger partial charge in [-0.15, -0.1) is 10.2 Å². The van der Waals surface area contributed by atoms with E-state index in [-0.39, 0.29) is 11.7 Å². The summed E-state index contributed by atoms with van der Waals surface area (Å²) in [6.45, 7) is 4.64. The number of rotatable bonds is 6. The number of hydrogen-bond acceptors (Lipinski definition) is 4. The molecule has 0 radical (unpaired) electrons. The Kier molecular flexibility index (Phi) is 5.25. The van der Waals surface area contributed by atoms with Gasteiger partial charge in [-0.2, -0.15) is 0 Å². The van der Waals surface area contributed by atoms with Gasteiger partial charge in [-0.05, 0) is 17.7 Å². The number of thioether (sulfide) groups is 1. The maximum atomic E-state index is 10.7. The molecule has 0 saturated heterocycles. The van der Waals surface area contributed by atoms with Gasteiger partial charge >= 0.3 is 5.97 Å². The Morgan fingerprint density at radius 3 is 2.81 bits per heavy atom. The molecule has 1 aromatic carbocycles. The molecule has 2 aromatic rings. The number of aromatic nitrogens is 3. The monoisotopic (exact) mass is 325 g/mol. The van der Waals surface area contributed by atoms with Crippen LogP contribution < -0.4 is 0 Å². The van der Waals surface area contributed by atoms with Gasteiger partial charge in [-0.1, -0.05) is 49.3 Å². The number of benzene rings is 1. The van der Waals surface area contributed by atoms with Crippen LogP contribution in [0, 0.1) is 0 Å². The summed E-state index contributed by atoms with van der Waals surface area (Å²) in [5.74, 6) is 0.133. The zero-order valence-corrected chi connectivity index (χ0v) is 13.4. The lowest BCUT2D eigenvalue weighted by molar-refractivity contribution is -0.133. The molecule has 0 aliphatic rings. The molecular formula is C14H16ClN3O2S. The predicted molar refractivity (Wildman–Crippen MR) is 83.0 cm³/mol. The van der Waals surface area contributed by atoms with Crippen LogP contribution in [0.2, 0.25) is 5.02 Å². The van der Waals surface area contributed by atoms with Crippen LogP contribution in [-0.4, -0.2) is 31.6 Å². The van der Waals surface area contributed by atoms with Gasteiger partial charge < -0.3 is 9.67 Å². The molecule has 1 N–H and O–H groups in total. The molecule has 0 aliphatic carbocycles. The summed E-state index contributed by atoms with van der Waals surface area (Å²) < 4.78 is 1.95. The molecule has 0 fully saturated rings. The Morgan fingerprint density at radius 1 is 1.43 bits per heavy atom. The zero-order valence-electron chi connectivity index (χ0n) is 11.8.